The van der Waals surface area contributed by atoms with Gasteiger partial charge in [-0.2, -0.15) is 0 Å². The largest absolute Gasteiger partial charge is 0.461 e. The van der Waals surface area contributed by atoms with Crippen LogP contribution >= 0.6 is 15.9 Å². The minimum Gasteiger partial charge on any atom is -0.461 e. The number of carbonyl (C=O) groups is 1. The Morgan fingerprint density at radius 2 is 2.00 bits per heavy atom. The molecule has 1 amide bonds. The molecule has 6 heteroatoms. The number of aromatic nitrogens is 1. The highest BCUT2D eigenvalue weighted by Gasteiger charge is 2.10. The summed E-state index contributed by atoms with van der Waals surface area (Å²) in [6.45, 7) is 0.291. The molecule has 5 nitrogen and oxygen atoms in total. The van der Waals surface area contributed by atoms with Crippen molar-refractivity contribution < 1.29 is 13.7 Å². The fourth-order valence-corrected chi connectivity index (χ4v) is 2.07. The summed E-state index contributed by atoms with van der Waals surface area (Å²) in [6.07, 6.45) is 1.56. The lowest BCUT2D eigenvalue weighted by Gasteiger charge is -2.02. The quantitative estimate of drug-likeness (QED) is 0.783. The fourth-order valence-electron chi connectivity index (χ4n) is 1.80. The second-order valence-corrected chi connectivity index (χ2v) is 5.27. The molecule has 0 radical (unpaired) electrons. The SMILES string of the molecule is O=C(NCc1cc(-c2ccco2)on1)c1ccc(Br)cc1. The Bertz CT molecular complexity index is 733. The van der Waals surface area contributed by atoms with Gasteiger partial charge in [0.25, 0.3) is 5.91 Å². The Hall–Kier alpha value is -2.34. The Labute approximate surface area is 129 Å². The number of hydrogen-bond acceptors (Lipinski definition) is 4. The summed E-state index contributed by atoms with van der Waals surface area (Å²) in [6, 6.07) is 12.4. The van der Waals surface area contributed by atoms with Crippen molar-refractivity contribution in [2.24, 2.45) is 0 Å². The van der Waals surface area contributed by atoms with Crippen LogP contribution in [0.3, 0.4) is 0 Å². The van der Waals surface area contributed by atoms with Gasteiger partial charge in [0.15, 0.2) is 5.76 Å². The molecular formula is C15H11BrN2O3. The number of hydrogen-bond donors (Lipinski definition) is 1. The van der Waals surface area contributed by atoms with Gasteiger partial charge in [0, 0.05) is 16.1 Å². The standard InChI is InChI=1S/C15H11BrN2O3/c16-11-5-3-10(4-6-11)15(19)17-9-12-8-14(21-18-12)13-2-1-7-20-13/h1-8H,9H2,(H,17,19). The summed E-state index contributed by atoms with van der Waals surface area (Å²) in [5, 5.41) is 6.68. The molecule has 106 valence electrons. The number of nitrogens with zero attached hydrogens (tertiary/aromatic N) is 1. The lowest BCUT2D eigenvalue weighted by molar-refractivity contribution is 0.0950. The third-order valence-electron chi connectivity index (χ3n) is 2.86. The first-order valence-corrected chi connectivity index (χ1v) is 7.05. The van der Waals surface area contributed by atoms with Crippen LogP contribution in [-0.2, 0) is 6.54 Å². The molecule has 0 saturated heterocycles. The summed E-state index contributed by atoms with van der Waals surface area (Å²) in [4.78, 5) is 12.0. The van der Waals surface area contributed by atoms with Crippen LogP contribution in [0.15, 0.2) is 62.1 Å². The van der Waals surface area contributed by atoms with Crippen LogP contribution in [0.2, 0.25) is 0 Å². The summed E-state index contributed by atoms with van der Waals surface area (Å²) in [7, 11) is 0. The molecule has 21 heavy (non-hydrogen) atoms. The van der Waals surface area contributed by atoms with E-state index >= 15 is 0 Å². The van der Waals surface area contributed by atoms with Crippen LogP contribution in [0.4, 0.5) is 0 Å². The molecule has 0 unspecified atom stereocenters. The summed E-state index contributed by atoms with van der Waals surface area (Å²) in [5.74, 6) is 0.978. The summed E-state index contributed by atoms with van der Waals surface area (Å²) in [5.41, 5.74) is 1.22. The number of rotatable bonds is 4. The van der Waals surface area contributed by atoms with Crippen LogP contribution in [-0.4, -0.2) is 11.1 Å². The van der Waals surface area contributed by atoms with E-state index in [4.69, 9.17) is 8.94 Å². The second kappa shape index (κ2) is 5.97. The molecule has 1 aromatic carbocycles. The third kappa shape index (κ3) is 3.22. The van der Waals surface area contributed by atoms with Gasteiger partial charge >= 0.3 is 0 Å². The zero-order valence-corrected chi connectivity index (χ0v) is 12.5. The number of amides is 1. The van der Waals surface area contributed by atoms with Crippen molar-refractivity contribution in [1.29, 1.82) is 0 Å². The molecule has 0 aliphatic rings. The molecule has 0 aliphatic carbocycles. The van der Waals surface area contributed by atoms with Crippen LogP contribution in [0.25, 0.3) is 11.5 Å². The zero-order valence-electron chi connectivity index (χ0n) is 10.9. The van der Waals surface area contributed by atoms with Crippen molar-refractivity contribution in [2.75, 3.05) is 0 Å². The van der Waals surface area contributed by atoms with Gasteiger partial charge in [-0.3, -0.25) is 4.79 Å². The summed E-state index contributed by atoms with van der Waals surface area (Å²) < 4.78 is 11.3. The molecule has 0 aliphatic heterocycles. The Morgan fingerprint density at radius 1 is 1.19 bits per heavy atom. The van der Waals surface area contributed by atoms with Crippen molar-refractivity contribution in [2.45, 2.75) is 6.54 Å². The topological polar surface area (TPSA) is 68.3 Å². The second-order valence-electron chi connectivity index (χ2n) is 4.35. The van der Waals surface area contributed by atoms with Gasteiger partial charge in [0.05, 0.1) is 12.8 Å². The number of benzene rings is 1. The fraction of sp³-hybridized carbons (Fsp3) is 0.0667. The molecule has 2 heterocycles. The number of carbonyl (C=O) groups excluding carboxylic acids is 1. The van der Waals surface area contributed by atoms with E-state index in [2.05, 4.69) is 26.4 Å². The molecule has 2 aromatic heterocycles. The lowest BCUT2D eigenvalue weighted by Crippen LogP contribution is -2.22. The molecule has 0 bridgehead atoms. The third-order valence-corrected chi connectivity index (χ3v) is 3.39. The van der Waals surface area contributed by atoms with E-state index in [0.29, 0.717) is 29.3 Å². The first-order valence-electron chi connectivity index (χ1n) is 6.25. The van der Waals surface area contributed by atoms with E-state index < -0.39 is 0 Å². The van der Waals surface area contributed by atoms with E-state index in [0.717, 1.165) is 4.47 Å². The van der Waals surface area contributed by atoms with Crippen LogP contribution in [0, 0.1) is 0 Å². The highest BCUT2D eigenvalue weighted by Crippen LogP contribution is 2.20. The average molecular weight is 347 g/mol. The van der Waals surface area contributed by atoms with E-state index in [1.807, 2.05) is 12.1 Å². The number of halogens is 1. The predicted octanol–water partition coefficient (Wildman–Crippen LogP) is 3.63. The molecule has 1 N–H and O–H groups in total. The van der Waals surface area contributed by atoms with Crippen molar-refractivity contribution in [1.82, 2.24) is 10.5 Å². The first-order chi connectivity index (χ1) is 10.2. The van der Waals surface area contributed by atoms with Gasteiger partial charge in [-0.25, -0.2) is 0 Å². The van der Waals surface area contributed by atoms with Gasteiger partial charge in [-0.1, -0.05) is 21.1 Å². The molecule has 0 atom stereocenters. The van der Waals surface area contributed by atoms with E-state index in [1.54, 1.807) is 36.6 Å². The molecule has 3 aromatic rings. The highest BCUT2D eigenvalue weighted by molar-refractivity contribution is 9.10. The number of furan rings is 1. The maximum atomic E-state index is 12.0. The lowest BCUT2D eigenvalue weighted by atomic mass is 10.2. The van der Waals surface area contributed by atoms with Gasteiger partial charge in [-0.15, -0.1) is 0 Å². The van der Waals surface area contributed by atoms with Gasteiger partial charge in [0.2, 0.25) is 5.76 Å². The van der Waals surface area contributed by atoms with E-state index in [-0.39, 0.29) is 5.91 Å². The van der Waals surface area contributed by atoms with Crippen LogP contribution < -0.4 is 5.32 Å². The van der Waals surface area contributed by atoms with Crippen LogP contribution in [0.1, 0.15) is 16.1 Å². The molecule has 0 fully saturated rings. The van der Waals surface area contributed by atoms with Crippen molar-refractivity contribution in [3.8, 4) is 11.5 Å². The Balaban J connectivity index is 1.62. The van der Waals surface area contributed by atoms with Crippen molar-refractivity contribution in [3.05, 3.63) is 64.5 Å². The monoisotopic (exact) mass is 346 g/mol. The Kier molecular flexibility index (Phi) is 3.87. The highest BCUT2D eigenvalue weighted by atomic mass is 79.9. The van der Waals surface area contributed by atoms with Crippen molar-refractivity contribution in [3.63, 3.8) is 0 Å². The first kappa shape index (κ1) is 13.6. The maximum absolute atomic E-state index is 12.0. The zero-order chi connectivity index (χ0) is 14.7. The molecule has 0 saturated carbocycles. The van der Waals surface area contributed by atoms with Gasteiger partial charge in [-0.05, 0) is 36.4 Å². The molecule has 0 spiro atoms. The van der Waals surface area contributed by atoms with Gasteiger partial charge in [0.1, 0.15) is 5.69 Å². The predicted molar refractivity (Wildman–Crippen MR) is 79.5 cm³/mol. The van der Waals surface area contributed by atoms with E-state index in [1.165, 1.54) is 0 Å². The minimum atomic E-state index is -0.162. The smallest absolute Gasteiger partial charge is 0.251 e. The summed E-state index contributed by atoms with van der Waals surface area (Å²) >= 11 is 3.33. The minimum absolute atomic E-state index is 0.162. The molecular weight excluding hydrogens is 336 g/mol. The van der Waals surface area contributed by atoms with Gasteiger partial charge < -0.3 is 14.3 Å². The maximum Gasteiger partial charge on any atom is 0.251 e. The van der Waals surface area contributed by atoms with E-state index in [9.17, 15) is 4.79 Å². The normalized spacial score (nSPS) is 10.5. The average Bonchev–Trinajstić information content (AvgIpc) is 3.16. The number of nitrogens with one attached hydrogen (secondary N) is 1. The molecule has 3 rings (SSSR count). The Morgan fingerprint density at radius 3 is 2.71 bits per heavy atom. The van der Waals surface area contributed by atoms with Crippen molar-refractivity contribution >= 4 is 21.8 Å². The van der Waals surface area contributed by atoms with Crippen LogP contribution in [0.5, 0.6) is 0 Å².